The second-order valence-electron chi connectivity index (χ2n) is 4.36. The zero-order valence-corrected chi connectivity index (χ0v) is 11.6. The van der Waals surface area contributed by atoms with Crippen LogP contribution in [-0.4, -0.2) is 11.1 Å². The van der Waals surface area contributed by atoms with Crippen molar-refractivity contribution in [1.29, 1.82) is 0 Å². The molecule has 0 aliphatic heterocycles. The first-order valence-corrected chi connectivity index (χ1v) is 7.13. The highest BCUT2D eigenvalue weighted by Gasteiger charge is 2.38. The molecule has 2 aromatic rings. The van der Waals surface area contributed by atoms with E-state index < -0.39 is 11.5 Å². The number of thiophene rings is 1. The maximum absolute atomic E-state index is 11.8. The summed E-state index contributed by atoms with van der Waals surface area (Å²) in [7, 11) is 0. The number of carbonyl (C=O) groups is 1. The van der Waals surface area contributed by atoms with Crippen LogP contribution in [0.25, 0.3) is 0 Å². The molecule has 1 unspecified atom stereocenters. The summed E-state index contributed by atoms with van der Waals surface area (Å²) in [5.74, 6) is -0.835. The van der Waals surface area contributed by atoms with Crippen molar-refractivity contribution in [2.75, 3.05) is 0 Å². The van der Waals surface area contributed by atoms with Crippen molar-refractivity contribution < 1.29 is 9.90 Å². The first-order chi connectivity index (χ1) is 9.19. The van der Waals surface area contributed by atoms with Gasteiger partial charge in [0.1, 0.15) is 5.54 Å². The van der Waals surface area contributed by atoms with Crippen LogP contribution >= 0.6 is 11.3 Å². The van der Waals surface area contributed by atoms with Gasteiger partial charge < -0.3 is 5.11 Å². The van der Waals surface area contributed by atoms with E-state index >= 15 is 0 Å². The lowest BCUT2D eigenvalue weighted by atomic mass is 9.87. The van der Waals surface area contributed by atoms with Gasteiger partial charge in [-0.2, -0.15) is 0 Å². The normalized spacial score (nSPS) is 13.9. The Balaban J connectivity index is 2.27. The largest absolute Gasteiger partial charge is 0.480 e. The zero-order valence-electron chi connectivity index (χ0n) is 10.8. The van der Waals surface area contributed by atoms with Crippen molar-refractivity contribution in [1.82, 2.24) is 5.32 Å². The highest BCUT2D eigenvalue weighted by atomic mass is 32.1. The van der Waals surface area contributed by atoms with Crippen LogP contribution < -0.4 is 5.32 Å². The molecule has 0 bridgehead atoms. The van der Waals surface area contributed by atoms with Gasteiger partial charge in [-0.3, -0.25) is 5.32 Å². The number of nitrogens with one attached hydrogen (secondary N) is 1. The van der Waals surface area contributed by atoms with E-state index in [4.69, 9.17) is 0 Å². The molecule has 0 fully saturated rings. The molecule has 0 saturated carbocycles. The smallest absolute Gasteiger partial charge is 0.328 e. The van der Waals surface area contributed by atoms with Crippen LogP contribution in [0.2, 0.25) is 0 Å². The van der Waals surface area contributed by atoms with Crippen molar-refractivity contribution in [3.63, 3.8) is 0 Å². The predicted molar refractivity (Wildman–Crippen MR) is 77.2 cm³/mol. The Hall–Kier alpha value is -1.65. The summed E-state index contributed by atoms with van der Waals surface area (Å²) in [6, 6.07) is 13.3. The van der Waals surface area contributed by atoms with Gasteiger partial charge in [0.05, 0.1) is 0 Å². The number of carboxylic acid groups (broad SMARTS) is 1. The summed E-state index contributed by atoms with van der Waals surface area (Å²) in [6.45, 7) is 2.45. The van der Waals surface area contributed by atoms with Crippen LogP contribution in [0.15, 0.2) is 47.8 Å². The Morgan fingerprint density at radius 1 is 1.26 bits per heavy atom. The number of hydrogen-bond acceptors (Lipinski definition) is 3. The van der Waals surface area contributed by atoms with Gasteiger partial charge in [-0.15, -0.1) is 11.3 Å². The quantitative estimate of drug-likeness (QED) is 0.851. The Labute approximate surface area is 116 Å². The molecule has 0 aliphatic rings. The van der Waals surface area contributed by atoms with E-state index in [0.717, 1.165) is 10.4 Å². The molecule has 3 nitrogen and oxygen atoms in total. The average Bonchev–Trinajstić information content (AvgIpc) is 2.94. The van der Waals surface area contributed by atoms with E-state index in [1.165, 1.54) is 0 Å². The fourth-order valence-electron chi connectivity index (χ4n) is 2.16. The topological polar surface area (TPSA) is 49.3 Å². The van der Waals surface area contributed by atoms with Gasteiger partial charge in [0.2, 0.25) is 0 Å². The molecule has 1 atom stereocenters. The number of benzene rings is 1. The van der Waals surface area contributed by atoms with Gasteiger partial charge in [-0.25, -0.2) is 4.79 Å². The molecule has 19 heavy (non-hydrogen) atoms. The zero-order chi connectivity index (χ0) is 13.7. The molecule has 0 spiro atoms. The van der Waals surface area contributed by atoms with Crippen molar-refractivity contribution in [3.05, 3.63) is 58.3 Å². The average molecular weight is 275 g/mol. The standard InChI is InChI=1S/C15H17NO2S/c1-2-15(14(17)18,12-7-4-3-5-8-12)16-11-13-9-6-10-19-13/h3-10,16H,2,11H2,1H3,(H,17,18). The summed E-state index contributed by atoms with van der Waals surface area (Å²) >= 11 is 1.63. The first-order valence-electron chi connectivity index (χ1n) is 6.25. The van der Waals surface area contributed by atoms with Gasteiger partial charge in [0, 0.05) is 11.4 Å². The molecule has 100 valence electrons. The molecule has 0 amide bonds. The third-order valence-electron chi connectivity index (χ3n) is 3.31. The SMILES string of the molecule is CCC(NCc1cccs1)(C(=O)O)c1ccccc1. The summed E-state index contributed by atoms with van der Waals surface area (Å²) in [5.41, 5.74) is -0.229. The first kappa shape index (κ1) is 13.8. The molecule has 4 heteroatoms. The minimum Gasteiger partial charge on any atom is -0.480 e. The minimum absolute atomic E-state index is 0.498. The lowest BCUT2D eigenvalue weighted by molar-refractivity contribution is -0.145. The van der Waals surface area contributed by atoms with Gasteiger partial charge in [0.15, 0.2) is 0 Å². The van der Waals surface area contributed by atoms with E-state index in [1.807, 2.05) is 54.8 Å². The molecule has 1 aromatic heterocycles. The second kappa shape index (κ2) is 5.99. The summed E-state index contributed by atoms with van der Waals surface area (Å²) in [6.07, 6.45) is 0.498. The van der Waals surface area contributed by atoms with Crippen LogP contribution in [0.3, 0.4) is 0 Å². The molecule has 2 N–H and O–H groups in total. The van der Waals surface area contributed by atoms with Crippen LogP contribution in [0.1, 0.15) is 23.8 Å². The lowest BCUT2D eigenvalue weighted by Gasteiger charge is -2.30. The van der Waals surface area contributed by atoms with Crippen LogP contribution in [0, 0.1) is 0 Å². The number of hydrogen-bond donors (Lipinski definition) is 2. The van der Waals surface area contributed by atoms with Crippen molar-refractivity contribution in [2.45, 2.75) is 25.4 Å². The van der Waals surface area contributed by atoms with Crippen LogP contribution in [-0.2, 0) is 16.9 Å². The maximum Gasteiger partial charge on any atom is 0.328 e. The van der Waals surface area contributed by atoms with Gasteiger partial charge in [-0.1, -0.05) is 43.3 Å². The maximum atomic E-state index is 11.8. The fraction of sp³-hybridized carbons (Fsp3) is 0.267. The minimum atomic E-state index is -1.02. The summed E-state index contributed by atoms with van der Waals surface area (Å²) in [4.78, 5) is 12.9. The molecule has 2 rings (SSSR count). The molecule has 1 heterocycles. The van der Waals surface area contributed by atoms with Gasteiger partial charge >= 0.3 is 5.97 Å². The highest BCUT2D eigenvalue weighted by molar-refractivity contribution is 7.09. The van der Waals surface area contributed by atoms with E-state index in [1.54, 1.807) is 11.3 Å². The van der Waals surface area contributed by atoms with Crippen molar-refractivity contribution >= 4 is 17.3 Å². The van der Waals surface area contributed by atoms with Crippen LogP contribution in [0.4, 0.5) is 0 Å². The molecular weight excluding hydrogens is 258 g/mol. The van der Waals surface area contributed by atoms with E-state index in [0.29, 0.717) is 13.0 Å². The van der Waals surface area contributed by atoms with Crippen molar-refractivity contribution in [3.8, 4) is 0 Å². The van der Waals surface area contributed by atoms with E-state index in [2.05, 4.69) is 5.32 Å². The molecular formula is C15H17NO2S. The Bertz CT molecular complexity index is 524. The highest BCUT2D eigenvalue weighted by Crippen LogP contribution is 2.26. The van der Waals surface area contributed by atoms with Gasteiger partial charge in [0.25, 0.3) is 0 Å². The monoisotopic (exact) mass is 275 g/mol. The van der Waals surface area contributed by atoms with Crippen molar-refractivity contribution in [2.24, 2.45) is 0 Å². The molecule has 0 aliphatic carbocycles. The Morgan fingerprint density at radius 3 is 2.53 bits per heavy atom. The second-order valence-corrected chi connectivity index (χ2v) is 5.40. The van der Waals surface area contributed by atoms with E-state index in [9.17, 15) is 9.90 Å². The van der Waals surface area contributed by atoms with Crippen LogP contribution in [0.5, 0.6) is 0 Å². The summed E-state index contributed by atoms with van der Waals surface area (Å²) < 4.78 is 0. The fourth-order valence-corrected chi connectivity index (χ4v) is 2.80. The number of carboxylic acids is 1. The molecule has 0 saturated heterocycles. The summed E-state index contributed by atoms with van der Waals surface area (Å²) in [5, 5.41) is 14.9. The van der Waals surface area contributed by atoms with E-state index in [-0.39, 0.29) is 0 Å². The Kier molecular flexibility index (Phi) is 4.35. The van der Waals surface area contributed by atoms with Gasteiger partial charge in [-0.05, 0) is 23.4 Å². The lowest BCUT2D eigenvalue weighted by Crippen LogP contribution is -2.48. The Morgan fingerprint density at radius 2 is 2.00 bits per heavy atom. The molecule has 0 radical (unpaired) electrons. The number of rotatable bonds is 6. The number of aliphatic carboxylic acids is 1. The molecule has 1 aromatic carbocycles. The third kappa shape index (κ3) is 2.85. The third-order valence-corrected chi connectivity index (χ3v) is 4.18. The predicted octanol–water partition coefficient (Wildman–Crippen LogP) is 3.23.